The first-order chi connectivity index (χ1) is 10.3. The maximum atomic E-state index is 4.67. The van der Waals surface area contributed by atoms with Gasteiger partial charge >= 0.3 is 0 Å². The molecule has 21 heavy (non-hydrogen) atoms. The van der Waals surface area contributed by atoms with Crippen LogP contribution in [0.15, 0.2) is 34.9 Å². The van der Waals surface area contributed by atoms with Crippen molar-refractivity contribution in [3.8, 4) is 0 Å². The molecule has 0 radical (unpaired) electrons. The lowest BCUT2D eigenvalue weighted by molar-refractivity contribution is 0.634. The van der Waals surface area contributed by atoms with Crippen molar-refractivity contribution in [1.82, 2.24) is 15.1 Å². The van der Waals surface area contributed by atoms with Gasteiger partial charge in [-0.05, 0) is 37.3 Å². The van der Waals surface area contributed by atoms with Gasteiger partial charge in [-0.15, -0.1) is 0 Å². The summed E-state index contributed by atoms with van der Waals surface area (Å²) in [5, 5.41) is 8.29. The van der Waals surface area contributed by atoms with Gasteiger partial charge in [-0.2, -0.15) is 5.10 Å². The number of halogens is 1. The minimum Gasteiger partial charge on any atom is -0.310 e. The van der Waals surface area contributed by atoms with Crippen LogP contribution in [0.2, 0.25) is 0 Å². The first-order valence-electron chi connectivity index (χ1n) is 7.82. The lowest BCUT2D eigenvalue weighted by atomic mass is 10.1. The topological polar surface area (TPSA) is 29.9 Å². The Hall–Kier alpha value is -1.13. The summed E-state index contributed by atoms with van der Waals surface area (Å²) in [6.07, 6.45) is 7.38. The summed E-state index contributed by atoms with van der Waals surface area (Å²) in [4.78, 5) is 0. The fourth-order valence-electron chi connectivity index (χ4n) is 2.86. The zero-order chi connectivity index (χ0) is 14.2. The van der Waals surface area contributed by atoms with Crippen molar-refractivity contribution in [2.24, 2.45) is 0 Å². The van der Waals surface area contributed by atoms with Crippen LogP contribution in [0.1, 0.15) is 48.4 Å². The minimum atomic E-state index is 0.728. The van der Waals surface area contributed by atoms with Crippen LogP contribution in [0.25, 0.3) is 0 Å². The van der Waals surface area contributed by atoms with Gasteiger partial charge in [-0.25, -0.2) is 0 Å². The number of nitrogens with one attached hydrogen (secondary N) is 1. The van der Waals surface area contributed by atoms with Gasteiger partial charge in [0.05, 0.1) is 12.7 Å². The largest absolute Gasteiger partial charge is 0.310 e. The average Bonchev–Trinajstić information content (AvgIpc) is 3.40. The molecule has 0 amide bonds. The lowest BCUT2D eigenvalue weighted by Crippen LogP contribution is -2.16. The molecule has 0 spiro atoms. The highest BCUT2D eigenvalue weighted by atomic mass is 79.9. The van der Waals surface area contributed by atoms with E-state index in [2.05, 4.69) is 61.5 Å². The normalized spacial score (nSPS) is 18.1. The third kappa shape index (κ3) is 3.06. The fourth-order valence-corrected chi connectivity index (χ4v) is 3.27. The summed E-state index contributed by atoms with van der Waals surface area (Å²) in [7, 11) is 0. The van der Waals surface area contributed by atoms with E-state index >= 15 is 0 Å². The fraction of sp³-hybridized carbons (Fsp3) is 0.471. The van der Waals surface area contributed by atoms with Crippen LogP contribution in [0.4, 0.5) is 0 Å². The average molecular weight is 346 g/mol. The Kier molecular flexibility index (Phi) is 3.59. The van der Waals surface area contributed by atoms with E-state index in [9.17, 15) is 0 Å². The van der Waals surface area contributed by atoms with Crippen molar-refractivity contribution in [3.05, 3.63) is 51.8 Å². The van der Waals surface area contributed by atoms with E-state index in [1.807, 2.05) is 0 Å². The van der Waals surface area contributed by atoms with Crippen molar-refractivity contribution < 1.29 is 0 Å². The lowest BCUT2D eigenvalue weighted by Gasteiger charge is -2.11. The first-order valence-corrected chi connectivity index (χ1v) is 8.62. The number of aromatic nitrogens is 2. The van der Waals surface area contributed by atoms with Gasteiger partial charge in [-0.1, -0.05) is 34.1 Å². The Morgan fingerprint density at radius 3 is 2.67 bits per heavy atom. The van der Waals surface area contributed by atoms with E-state index in [1.165, 1.54) is 47.0 Å². The molecule has 2 aliphatic carbocycles. The second-order valence-corrected chi connectivity index (χ2v) is 7.09. The van der Waals surface area contributed by atoms with Crippen molar-refractivity contribution in [1.29, 1.82) is 0 Å². The molecule has 1 heterocycles. The summed E-state index contributed by atoms with van der Waals surface area (Å²) in [5.41, 5.74) is 4.15. The summed E-state index contributed by atoms with van der Waals surface area (Å²) < 4.78 is 3.38. The molecule has 0 bridgehead atoms. The quantitative estimate of drug-likeness (QED) is 0.862. The number of hydrogen-bond acceptors (Lipinski definition) is 2. The van der Waals surface area contributed by atoms with E-state index in [0.717, 1.165) is 25.0 Å². The Morgan fingerprint density at radius 2 is 1.95 bits per heavy atom. The van der Waals surface area contributed by atoms with Crippen LogP contribution in [0, 0.1) is 0 Å². The van der Waals surface area contributed by atoms with Gasteiger partial charge in [0.15, 0.2) is 0 Å². The number of rotatable bonds is 6. The molecule has 4 heteroatoms. The highest BCUT2D eigenvalue weighted by Crippen LogP contribution is 2.42. The number of nitrogens with zero attached hydrogens (tertiary/aromatic N) is 2. The molecule has 1 aromatic heterocycles. The van der Waals surface area contributed by atoms with E-state index in [1.54, 1.807) is 0 Å². The van der Waals surface area contributed by atoms with Gasteiger partial charge in [0.1, 0.15) is 0 Å². The predicted molar refractivity (Wildman–Crippen MR) is 87.3 cm³/mol. The zero-order valence-electron chi connectivity index (χ0n) is 12.1. The number of benzene rings is 1. The van der Waals surface area contributed by atoms with E-state index in [4.69, 9.17) is 0 Å². The third-order valence-electron chi connectivity index (χ3n) is 4.36. The molecule has 0 atom stereocenters. The highest BCUT2D eigenvalue weighted by Gasteiger charge is 2.31. The first kappa shape index (κ1) is 13.5. The van der Waals surface area contributed by atoms with Crippen LogP contribution in [-0.2, 0) is 13.1 Å². The molecule has 3 nitrogen and oxygen atoms in total. The summed E-state index contributed by atoms with van der Waals surface area (Å²) in [6, 6.07) is 9.18. The summed E-state index contributed by atoms with van der Waals surface area (Å²) in [5.74, 6) is 0.728. The van der Waals surface area contributed by atoms with Crippen LogP contribution in [0.5, 0.6) is 0 Å². The molecule has 0 aliphatic heterocycles. The van der Waals surface area contributed by atoms with Crippen molar-refractivity contribution >= 4 is 15.9 Å². The van der Waals surface area contributed by atoms with Crippen LogP contribution in [0.3, 0.4) is 0 Å². The zero-order valence-corrected chi connectivity index (χ0v) is 13.6. The molecule has 1 N–H and O–H groups in total. The smallest absolute Gasteiger partial charge is 0.0673 e. The molecule has 2 fully saturated rings. The Morgan fingerprint density at radius 1 is 1.14 bits per heavy atom. The molecular weight excluding hydrogens is 326 g/mol. The molecule has 110 valence electrons. The molecule has 0 saturated heterocycles. The summed E-state index contributed by atoms with van der Waals surface area (Å²) in [6.45, 7) is 1.84. The van der Waals surface area contributed by atoms with Gasteiger partial charge < -0.3 is 5.32 Å². The summed E-state index contributed by atoms with van der Waals surface area (Å²) >= 11 is 3.64. The monoisotopic (exact) mass is 345 g/mol. The Labute approximate surface area is 133 Å². The van der Waals surface area contributed by atoms with Crippen molar-refractivity contribution in [2.45, 2.75) is 50.7 Å². The molecule has 2 aliphatic rings. The van der Waals surface area contributed by atoms with Gasteiger partial charge in [0, 0.05) is 34.2 Å². The Bertz CT molecular complexity index is 641. The third-order valence-corrected chi connectivity index (χ3v) is 5.13. The van der Waals surface area contributed by atoms with E-state index < -0.39 is 0 Å². The van der Waals surface area contributed by atoms with Crippen LogP contribution < -0.4 is 5.32 Å². The van der Waals surface area contributed by atoms with Crippen molar-refractivity contribution in [2.75, 3.05) is 0 Å². The predicted octanol–water partition coefficient (Wildman–Crippen LogP) is 3.82. The SMILES string of the molecule is Brc1ccccc1Cn1ncc(CNC2CC2)c1C1CC1. The van der Waals surface area contributed by atoms with Crippen LogP contribution >= 0.6 is 15.9 Å². The molecule has 0 unspecified atom stereocenters. The number of hydrogen-bond donors (Lipinski definition) is 1. The van der Waals surface area contributed by atoms with Gasteiger partial charge in [0.2, 0.25) is 0 Å². The second kappa shape index (κ2) is 5.58. The molecule has 2 aromatic rings. The maximum absolute atomic E-state index is 4.67. The maximum Gasteiger partial charge on any atom is 0.0673 e. The van der Waals surface area contributed by atoms with Gasteiger partial charge in [0.25, 0.3) is 0 Å². The highest BCUT2D eigenvalue weighted by molar-refractivity contribution is 9.10. The second-order valence-electron chi connectivity index (χ2n) is 6.23. The molecule has 1 aromatic carbocycles. The molecule has 4 rings (SSSR count). The standard InChI is InChI=1S/C17H20BrN3/c18-16-4-2-1-3-13(16)11-21-17(12-5-6-12)14(10-20-21)9-19-15-7-8-15/h1-4,10,12,15,19H,5-9,11H2. The molecule has 2 saturated carbocycles. The minimum absolute atomic E-state index is 0.728. The van der Waals surface area contributed by atoms with E-state index in [0.29, 0.717) is 0 Å². The van der Waals surface area contributed by atoms with Crippen molar-refractivity contribution in [3.63, 3.8) is 0 Å². The van der Waals surface area contributed by atoms with Crippen LogP contribution in [-0.4, -0.2) is 15.8 Å². The molecular formula is C17H20BrN3. The van der Waals surface area contributed by atoms with E-state index in [-0.39, 0.29) is 0 Å². The Balaban J connectivity index is 1.57. The van der Waals surface area contributed by atoms with Gasteiger partial charge in [-0.3, -0.25) is 4.68 Å².